The van der Waals surface area contributed by atoms with Gasteiger partial charge in [-0.25, -0.2) is 9.50 Å². The molecule has 1 aromatic carbocycles. The number of hydrogen-bond donors (Lipinski definition) is 0. The van der Waals surface area contributed by atoms with Crippen LogP contribution in [-0.4, -0.2) is 21.7 Å². The maximum Gasteiger partial charge on any atom is 0.212 e. The van der Waals surface area contributed by atoms with E-state index in [9.17, 15) is 0 Å². The van der Waals surface area contributed by atoms with Crippen LogP contribution < -0.4 is 4.74 Å². The molecule has 2 aromatic heterocycles. The van der Waals surface area contributed by atoms with E-state index in [0.29, 0.717) is 0 Å². The number of benzene rings is 1. The Morgan fingerprint density at radius 2 is 2.25 bits per heavy atom. The van der Waals surface area contributed by atoms with Crippen molar-refractivity contribution in [3.05, 3.63) is 34.5 Å². The average molecular weight is 285 g/mol. The molecular weight excluding hydrogens is 270 g/mol. The van der Waals surface area contributed by atoms with Gasteiger partial charge in [-0.05, 0) is 43.0 Å². The van der Waals surface area contributed by atoms with E-state index >= 15 is 0 Å². The molecule has 0 spiro atoms. The van der Waals surface area contributed by atoms with Gasteiger partial charge in [0.15, 0.2) is 0 Å². The van der Waals surface area contributed by atoms with Crippen molar-refractivity contribution in [1.29, 1.82) is 0 Å². The molecule has 102 valence electrons. The maximum absolute atomic E-state index is 5.31. The zero-order valence-electron chi connectivity index (χ0n) is 11.5. The summed E-state index contributed by atoms with van der Waals surface area (Å²) in [6.07, 6.45) is 2.98. The first-order valence-electron chi connectivity index (χ1n) is 6.84. The van der Waals surface area contributed by atoms with Crippen LogP contribution in [0.15, 0.2) is 18.2 Å². The lowest BCUT2D eigenvalue weighted by Gasteiger charge is -2.16. The zero-order valence-corrected chi connectivity index (χ0v) is 12.3. The molecule has 0 N–H and O–H groups in total. The summed E-state index contributed by atoms with van der Waals surface area (Å²) in [5.74, 6) is 0.916. The predicted octanol–water partition coefficient (Wildman–Crippen LogP) is 3.13. The van der Waals surface area contributed by atoms with Crippen molar-refractivity contribution in [3.8, 4) is 17.0 Å². The minimum absolute atomic E-state index is 0.916. The molecule has 5 heteroatoms. The molecule has 0 bridgehead atoms. The highest BCUT2D eigenvalue weighted by atomic mass is 32.1. The van der Waals surface area contributed by atoms with Gasteiger partial charge in [0.05, 0.1) is 18.5 Å². The molecule has 0 amide bonds. The predicted molar refractivity (Wildman–Crippen MR) is 79.6 cm³/mol. The molecule has 0 atom stereocenters. The van der Waals surface area contributed by atoms with E-state index in [4.69, 9.17) is 9.72 Å². The Bertz CT molecular complexity index is 803. The highest BCUT2D eigenvalue weighted by Gasteiger charge is 2.23. The Morgan fingerprint density at radius 3 is 3.05 bits per heavy atom. The lowest BCUT2D eigenvalue weighted by molar-refractivity contribution is 0.414. The smallest absolute Gasteiger partial charge is 0.212 e. The molecule has 0 radical (unpaired) electrons. The van der Waals surface area contributed by atoms with Crippen LogP contribution in [-0.2, 0) is 19.3 Å². The summed E-state index contributed by atoms with van der Waals surface area (Å²) in [6, 6.07) is 6.24. The van der Waals surface area contributed by atoms with E-state index in [1.165, 1.54) is 16.8 Å². The van der Waals surface area contributed by atoms with Crippen molar-refractivity contribution < 1.29 is 4.74 Å². The number of nitrogens with zero attached hydrogens (tertiary/aromatic N) is 3. The molecule has 1 aliphatic carbocycles. The molecule has 4 rings (SSSR count). The summed E-state index contributed by atoms with van der Waals surface area (Å²) >= 11 is 1.69. The van der Waals surface area contributed by atoms with Gasteiger partial charge in [-0.2, -0.15) is 5.10 Å². The Kier molecular flexibility index (Phi) is 2.57. The van der Waals surface area contributed by atoms with Crippen LogP contribution in [0.25, 0.3) is 16.2 Å². The van der Waals surface area contributed by atoms with E-state index in [0.717, 1.165) is 40.7 Å². The number of imidazole rings is 1. The van der Waals surface area contributed by atoms with Crippen LogP contribution in [0.4, 0.5) is 0 Å². The number of methoxy groups -OCH3 is 1. The lowest BCUT2D eigenvalue weighted by Crippen LogP contribution is -2.06. The van der Waals surface area contributed by atoms with Crippen LogP contribution in [0, 0.1) is 0 Å². The van der Waals surface area contributed by atoms with Gasteiger partial charge in [-0.3, -0.25) is 0 Å². The van der Waals surface area contributed by atoms with Crippen LogP contribution in [0.1, 0.15) is 23.2 Å². The van der Waals surface area contributed by atoms with Gasteiger partial charge in [0, 0.05) is 5.56 Å². The quantitative estimate of drug-likeness (QED) is 0.726. The third-order valence-corrected chi connectivity index (χ3v) is 4.89. The number of fused-ring (bicyclic) bond motifs is 5. The number of hydrogen-bond acceptors (Lipinski definition) is 4. The minimum atomic E-state index is 0.916. The number of aromatic nitrogens is 3. The molecule has 3 aromatic rings. The van der Waals surface area contributed by atoms with E-state index in [2.05, 4.69) is 24.2 Å². The fourth-order valence-electron chi connectivity index (χ4n) is 2.80. The third kappa shape index (κ3) is 1.59. The summed E-state index contributed by atoms with van der Waals surface area (Å²) in [6.45, 7) is 2.13. The molecular formula is C15H15N3OS. The number of aryl methyl sites for hydroxylation is 3. The van der Waals surface area contributed by atoms with Crippen molar-refractivity contribution >= 4 is 16.3 Å². The van der Waals surface area contributed by atoms with Crippen LogP contribution >= 0.6 is 11.3 Å². The fourth-order valence-corrected chi connectivity index (χ4v) is 3.65. The number of ether oxygens (including phenoxy) is 1. The van der Waals surface area contributed by atoms with E-state index < -0.39 is 0 Å². The SMILES string of the molecule is CCc1nn2c3c(nc2s1)-c1ccc(OC)cc1CC3. The highest BCUT2D eigenvalue weighted by Crippen LogP contribution is 2.36. The molecule has 1 aliphatic rings. The van der Waals surface area contributed by atoms with Gasteiger partial charge in [0.2, 0.25) is 4.96 Å². The monoisotopic (exact) mass is 285 g/mol. The van der Waals surface area contributed by atoms with Crippen molar-refractivity contribution in [2.45, 2.75) is 26.2 Å². The van der Waals surface area contributed by atoms with Crippen LogP contribution in [0.2, 0.25) is 0 Å². The second-order valence-electron chi connectivity index (χ2n) is 4.97. The topological polar surface area (TPSA) is 39.4 Å². The van der Waals surface area contributed by atoms with Crippen LogP contribution in [0.3, 0.4) is 0 Å². The second kappa shape index (κ2) is 4.31. The summed E-state index contributed by atoms with van der Waals surface area (Å²) in [5, 5.41) is 5.81. The first-order valence-corrected chi connectivity index (χ1v) is 7.66. The Hall–Kier alpha value is -1.88. The zero-order chi connectivity index (χ0) is 13.7. The Balaban J connectivity index is 1.91. The third-order valence-electron chi connectivity index (χ3n) is 3.84. The molecule has 0 unspecified atom stereocenters. The largest absolute Gasteiger partial charge is 0.497 e. The second-order valence-corrected chi connectivity index (χ2v) is 6.01. The van der Waals surface area contributed by atoms with E-state index in [1.54, 1.807) is 18.4 Å². The molecule has 0 aliphatic heterocycles. The maximum atomic E-state index is 5.31. The lowest BCUT2D eigenvalue weighted by atomic mass is 9.92. The van der Waals surface area contributed by atoms with Gasteiger partial charge in [0.1, 0.15) is 10.8 Å². The van der Waals surface area contributed by atoms with Crippen molar-refractivity contribution in [1.82, 2.24) is 14.6 Å². The number of rotatable bonds is 2. The average Bonchev–Trinajstić information content (AvgIpc) is 3.03. The van der Waals surface area contributed by atoms with Gasteiger partial charge in [0.25, 0.3) is 0 Å². The highest BCUT2D eigenvalue weighted by molar-refractivity contribution is 7.16. The van der Waals surface area contributed by atoms with Gasteiger partial charge in [-0.15, -0.1) is 0 Å². The first-order chi connectivity index (χ1) is 9.80. The summed E-state index contributed by atoms with van der Waals surface area (Å²) in [7, 11) is 1.71. The molecule has 0 fully saturated rings. The molecule has 2 heterocycles. The van der Waals surface area contributed by atoms with Gasteiger partial charge < -0.3 is 4.74 Å². The Labute approximate surface area is 121 Å². The van der Waals surface area contributed by atoms with Crippen molar-refractivity contribution in [2.75, 3.05) is 7.11 Å². The molecule has 20 heavy (non-hydrogen) atoms. The summed E-state index contributed by atoms with van der Waals surface area (Å²) in [5.41, 5.74) is 4.88. The molecule has 0 saturated carbocycles. The summed E-state index contributed by atoms with van der Waals surface area (Å²) < 4.78 is 7.34. The van der Waals surface area contributed by atoms with E-state index in [1.807, 2.05) is 10.6 Å². The normalized spacial score (nSPS) is 13.3. The van der Waals surface area contributed by atoms with E-state index in [-0.39, 0.29) is 0 Å². The molecule has 0 saturated heterocycles. The fraction of sp³-hybridized carbons (Fsp3) is 0.333. The van der Waals surface area contributed by atoms with Gasteiger partial charge >= 0.3 is 0 Å². The molecule has 4 nitrogen and oxygen atoms in total. The van der Waals surface area contributed by atoms with Crippen LogP contribution in [0.5, 0.6) is 5.75 Å². The summed E-state index contributed by atoms with van der Waals surface area (Å²) in [4.78, 5) is 5.81. The van der Waals surface area contributed by atoms with Crippen molar-refractivity contribution in [3.63, 3.8) is 0 Å². The van der Waals surface area contributed by atoms with Gasteiger partial charge in [-0.1, -0.05) is 18.3 Å². The Morgan fingerprint density at radius 1 is 1.35 bits per heavy atom. The first kappa shape index (κ1) is 11.9. The minimum Gasteiger partial charge on any atom is -0.497 e. The standard InChI is InChI=1S/C15H15N3OS/c1-3-13-17-18-12-7-4-9-8-10(19-2)5-6-11(9)14(12)16-15(18)20-13/h5-6,8H,3-4,7H2,1-2H3. The van der Waals surface area contributed by atoms with Crippen molar-refractivity contribution in [2.24, 2.45) is 0 Å².